The number of thiazole rings is 1. The predicted molar refractivity (Wildman–Crippen MR) is 123 cm³/mol. The summed E-state index contributed by atoms with van der Waals surface area (Å²) >= 11 is 7.27. The first-order valence-electron chi connectivity index (χ1n) is 10.2. The second-order valence-corrected chi connectivity index (χ2v) is 9.01. The van der Waals surface area contributed by atoms with E-state index >= 15 is 4.39 Å². The minimum atomic E-state index is -1.33. The van der Waals surface area contributed by atoms with Crippen LogP contribution in [-0.2, 0) is 4.74 Å². The van der Waals surface area contributed by atoms with Gasteiger partial charge < -0.3 is 19.9 Å². The van der Waals surface area contributed by atoms with Crippen molar-refractivity contribution in [3.63, 3.8) is 0 Å². The van der Waals surface area contributed by atoms with Crippen molar-refractivity contribution in [2.24, 2.45) is 0 Å². The van der Waals surface area contributed by atoms with E-state index in [1.807, 2.05) is 0 Å². The average molecular weight is 493 g/mol. The largest absolute Gasteiger partial charge is 0.465 e. The predicted octanol–water partition coefficient (Wildman–Crippen LogP) is 3.33. The summed E-state index contributed by atoms with van der Waals surface area (Å²) in [7, 11) is 1.29. The number of anilines is 1. The number of hydrogen-bond donors (Lipinski definition) is 2. The van der Waals surface area contributed by atoms with Gasteiger partial charge in [0.15, 0.2) is 5.13 Å². The van der Waals surface area contributed by atoms with E-state index in [9.17, 15) is 9.59 Å². The number of aromatic nitrogens is 4. The van der Waals surface area contributed by atoms with Crippen LogP contribution in [0.2, 0.25) is 5.02 Å². The van der Waals surface area contributed by atoms with Crippen molar-refractivity contribution in [1.82, 2.24) is 25.3 Å². The molecule has 4 heterocycles. The quantitative estimate of drug-likeness (QED) is 0.525. The van der Waals surface area contributed by atoms with Gasteiger partial charge in [-0.2, -0.15) is 0 Å². The maximum Gasteiger partial charge on any atom is 0.350 e. The summed E-state index contributed by atoms with van der Waals surface area (Å²) in [5.74, 6) is -0.932. The third-order valence-electron chi connectivity index (χ3n) is 5.51. The maximum absolute atomic E-state index is 15.1. The number of piperidine rings is 1. The standard InChI is InChI=1S/C21H22ClFN6O3S/c1-10-15(22)11(2)26-16(10)19(30)27-13-5-7-29(8-12(13)23)21-28-17(14-4-6-24-9-25-14)18(33-21)20(31)32-3/h4,6,9,12-13,26H,5,7-8H2,1-3H3,(H,27,30)/t12-,13+/m0/s1. The van der Waals surface area contributed by atoms with Gasteiger partial charge in [-0.25, -0.2) is 24.1 Å². The number of carbonyl (C=O) groups is 2. The lowest BCUT2D eigenvalue weighted by Gasteiger charge is -2.34. The van der Waals surface area contributed by atoms with Crippen molar-refractivity contribution in [3.8, 4) is 11.4 Å². The normalized spacial score (nSPS) is 18.3. The Morgan fingerprint density at radius 3 is 2.79 bits per heavy atom. The number of ether oxygens (including phenoxy) is 1. The van der Waals surface area contributed by atoms with Gasteiger partial charge in [-0.15, -0.1) is 0 Å². The van der Waals surface area contributed by atoms with Gasteiger partial charge in [-0.1, -0.05) is 22.9 Å². The Morgan fingerprint density at radius 1 is 1.39 bits per heavy atom. The van der Waals surface area contributed by atoms with E-state index in [-0.39, 0.29) is 11.4 Å². The molecule has 0 bridgehead atoms. The molecule has 33 heavy (non-hydrogen) atoms. The molecule has 1 aliphatic heterocycles. The molecule has 9 nitrogen and oxygen atoms in total. The van der Waals surface area contributed by atoms with Crippen molar-refractivity contribution in [3.05, 3.63) is 45.4 Å². The van der Waals surface area contributed by atoms with Crippen molar-refractivity contribution in [1.29, 1.82) is 0 Å². The Hall–Kier alpha value is -3.05. The fourth-order valence-electron chi connectivity index (χ4n) is 3.72. The monoisotopic (exact) mass is 492 g/mol. The highest BCUT2D eigenvalue weighted by Gasteiger charge is 2.34. The zero-order valence-corrected chi connectivity index (χ0v) is 19.8. The molecule has 2 atom stereocenters. The number of aryl methyl sites for hydroxylation is 1. The van der Waals surface area contributed by atoms with E-state index in [0.717, 1.165) is 11.3 Å². The number of amides is 1. The van der Waals surface area contributed by atoms with Crippen LogP contribution in [0.1, 0.15) is 37.8 Å². The summed E-state index contributed by atoms with van der Waals surface area (Å²) in [6.07, 6.45) is 1.95. The Balaban J connectivity index is 1.49. The van der Waals surface area contributed by atoms with Gasteiger partial charge in [0, 0.05) is 18.4 Å². The van der Waals surface area contributed by atoms with Gasteiger partial charge in [-0.3, -0.25) is 4.79 Å². The van der Waals surface area contributed by atoms with Crippen molar-refractivity contribution < 1.29 is 18.7 Å². The summed E-state index contributed by atoms with van der Waals surface area (Å²) in [4.78, 5) is 42.5. The fourth-order valence-corrected chi connectivity index (χ4v) is 4.89. The van der Waals surface area contributed by atoms with Gasteiger partial charge in [0.2, 0.25) is 0 Å². The third kappa shape index (κ3) is 4.55. The second kappa shape index (κ2) is 9.44. The SMILES string of the molecule is COC(=O)c1sc(N2CC[C@@H](NC(=O)c3[nH]c(C)c(Cl)c3C)[C@@H](F)C2)nc1-c1ccncn1. The molecule has 1 fully saturated rings. The lowest BCUT2D eigenvalue weighted by Crippen LogP contribution is -2.52. The minimum Gasteiger partial charge on any atom is -0.465 e. The molecule has 1 saturated heterocycles. The third-order valence-corrected chi connectivity index (χ3v) is 7.18. The van der Waals surface area contributed by atoms with Crippen LogP contribution in [-0.4, -0.2) is 64.2 Å². The van der Waals surface area contributed by atoms with Gasteiger partial charge in [-0.05, 0) is 31.9 Å². The summed E-state index contributed by atoms with van der Waals surface area (Å²) in [6, 6.07) is 0.985. The molecule has 0 spiro atoms. The van der Waals surface area contributed by atoms with Gasteiger partial charge in [0.05, 0.1) is 30.4 Å². The lowest BCUT2D eigenvalue weighted by molar-refractivity contribution is 0.0606. The number of hydrogen-bond acceptors (Lipinski definition) is 8. The molecule has 4 rings (SSSR count). The minimum absolute atomic E-state index is 0.0196. The highest BCUT2D eigenvalue weighted by atomic mass is 35.5. The van der Waals surface area contributed by atoms with E-state index in [4.69, 9.17) is 16.3 Å². The van der Waals surface area contributed by atoms with Crippen molar-refractivity contribution in [2.45, 2.75) is 32.5 Å². The first-order chi connectivity index (χ1) is 15.8. The first kappa shape index (κ1) is 23.1. The number of H-pyrrole nitrogens is 1. The molecule has 0 aromatic carbocycles. The number of halogens is 2. The fraction of sp³-hybridized carbons (Fsp3) is 0.381. The number of nitrogens with one attached hydrogen (secondary N) is 2. The Labute approximate surface area is 198 Å². The van der Waals surface area contributed by atoms with Crippen molar-refractivity contribution >= 4 is 39.9 Å². The zero-order valence-electron chi connectivity index (χ0n) is 18.2. The van der Waals surface area contributed by atoms with Crippen LogP contribution < -0.4 is 10.2 Å². The number of aromatic amines is 1. The van der Waals surface area contributed by atoms with Gasteiger partial charge >= 0.3 is 5.97 Å². The molecule has 3 aromatic heterocycles. The molecule has 0 radical (unpaired) electrons. The van der Waals surface area contributed by atoms with Crippen LogP contribution in [0.3, 0.4) is 0 Å². The lowest BCUT2D eigenvalue weighted by atomic mass is 10.0. The van der Waals surface area contributed by atoms with Gasteiger partial charge in [0.25, 0.3) is 5.91 Å². The number of alkyl halides is 1. The molecule has 0 aliphatic carbocycles. The molecular weight excluding hydrogens is 471 g/mol. The summed E-state index contributed by atoms with van der Waals surface area (Å²) in [5.41, 5.74) is 2.50. The van der Waals surface area contributed by atoms with Crippen LogP contribution >= 0.6 is 22.9 Å². The number of rotatable bonds is 5. The van der Waals surface area contributed by atoms with E-state index in [1.165, 1.54) is 13.4 Å². The molecule has 0 unspecified atom stereocenters. The number of nitrogens with zero attached hydrogens (tertiary/aromatic N) is 4. The number of carbonyl (C=O) groups excluding carboxylic acids is 2. The van der Waals surface area contributed by atoms with E-state index in [0.29, 0.717) is 51.5 Å². The van der Waals surface area contributed by atoms with Crippen LogP contribution in [0.15, 0.2) is 18.6 Å². The van der Waals surface area contributed by atoms with Crippen LogP contribution in [0.5, 0.6) is 0 Å². The van der Waals surface area contributed by atoms with Gasteiger partial charge in [0.1, 0.15) is 28.8 Å². The molecular formula is C21H22ClFN6O3S. The molecule has 1 amide bonds. The zero-order chi connectivity index (χ0) is 23.7. The average Bonchev–Trinajstić information content (AvgIpc) is 3.38. The Bertz CT molecular complexity index is 1180. The van der Waals surface area contributed by atoms with Crippen LogP contribution in [0, 0.1) is 13.8 Å². The van der Waals surface area contributed by atoms with E-state index in [1.54, 1.807) is 31.0 Å². The number of esters is 1. The number of methoxy groups -OCH3 is 1. The molecule has 3 aromatic rings. The van der Waals surface area contributed by atoms with Crippen LogP contribution in [0.4, 0.5) is 9.52 Å². The highest BCUT2D eigenvalue weighted by molar-refractivity contribution is 7.17. The van der Waals surface area contributed by atoms with Crippen LogP contribution in [0.25, 0.3) is 11.4 Å². The molecule has 2 N–H and O–H groups in total. The topological polar surface area (TPSA) is 113 Å². The first-order valence-corrected chi connectivity index (χ1v) is 11.4. The maximum atomic E-state index is 15.1. The second-order valence-electron chi connectivity index (χ2n) is 7.65. The Kier molecular flexibility index (Phi) is 6.61. The van der Waals surface area contributed by atoms with Crippen molar-refractivity contribution in [2.75, 3.05) is 25.1 Å². The molecule has 174 valence electrons. The van der Waals surface area contributed by atoms with E-state index < -0.39 is 24.1 Å². The summed E-state index contributed by atoms with van der Waals surface area (Å²) < 4.78 is 20.0. The molecule has 1 aliphatic rings. The summed E-state index contributed by atoms with van der Waals surface area (Å²) in [6.45, 7) is 3.99. The molecule has 0 saturated carbocycles. The van der Waals surface area contributed by atoms with E-state index in [2.05, 4.69) is 25.3 Å². The Morgan fingerprint density at radius 2 is 2.18 bits per heavy atom. The summed E-state index contributed by atoms with van der Waals surface area (Å²) in [5, 5.41) is 3.75. The molecule has 12 heteroatoms. The smallest absolute Gasteiger partial charge is 0.350 e. The highest BCUT2D eigenvalue weighted by Crippen LogP contribution is 2.34.